The lowest BCUT2D eigenvalue weighted by Crippen LogP contribution is -2.59. The standard InChI is InChI=1S/C32H59N3O3/c1-22(8-11-29(37)38-4)25-9-10-26-30-27(13-15-32(25,26)3)31(2)14-12-24(20-23(31)21-28(30)36)35-19-7-18-34-17-6-5-16-33/h22-28,30,34-36H,5-21,33H2,1-4H3/t22-,23+,24+,25-,26?,27?,28+,30?,31+,32-/m1/s1. The van der Waals surface area contributed by atoms with E-state index < -0.39 is 0 Å². The molecule has 5 N–H and O–H groups in total. The summed E-state index contributed by atoms with van der Waals surface area (Å²) in [5, 5.41) is 19.1. The fourth-order valence-corrected chi connectivity index (χ4v) is 10.1. The molecule has 6 nitrogen and oxygen atoms in total. The number of rotatable bonds is 13. The van der Waals surface area contributed by atoms with Crippen molar-refractivity contribution in [3.8, 4) is 0 Å². The van der Waals surface area contributed by atoms with Crippen LogP contribution >= 0.6 is 0 Å². The average Bonchev–Trinajstić information content (AvgIpc) is 3.26. The first-order valence-corrected chi connectivity index (χ1v) is 16.1. The molecule has 0 aromatic rings. The van der Waals surface area contributed by atoms with Crippen molar-refractivity contribution in [2.75, 3.05) is 33.3 Å². The van der Waals surface area contributed by atoms with E-state index in [1.807, 2.05) is 0 Å². The third-order valence-corrected chi connectivity index (χ3v) is 12.2. The van der Waals surface area contributed by atoms with Crippen LogP contribution in [0.3, 0.4) is 0 Å². The first kappa shape index (κ1) is 30.3. The molecule has 4 fully saturated rings. The molecule has 38 heavy (non-hydrogen) atoms. The number of nitrogens with one attached hydrogen (secondary N) is 2. The largest absolute Gasteiger partial charge is 0.469 e. The van der Waals surface area contributed by atoms with Gasteiger partial charge in [0.25, 0.3) is 0 Å². The van der Waals surface area contributed by atoms with Crippen LogP contribution in [0.25, 0.3) is 0 Å². The van der Waals surface area contributed by atoms with Gasteiger partial charge in [-0.15, -0.1) is 0 Å². The van der Waals surface area contributed by atoms with Crippen molar-refractivity contribution in [2.45, 2.75) is 116 Å². The number of aliphatic hydroxyl groups is 1. The second-order valence-corrected chi connectivity index (χ2v) is 14.1. The Kier molecular flexibility index (Phi) is 10.6. The molecule has 0 heterocycles. The van der Waals surface area contributed by atoms with Gasteiger partial charge in [0.05, 0.1) is 13.2 Å². The smallest absolute Gasteiger partial charge is 0.305 e. The Labute approximate surface area is 233 Å². The molecular weight excluding hydrogens is 474 g/mol. The highest BCUT2D eigenvalue weighted by Crippen LogP contribution is 2.68. The molecule has 6 heteroatoms. The second-order valence-electron chi connectivity index (χ2n) is 14.1. The molecule has 220 valence electrons. The van der Waals surface area contributed by atoms with Gasteiger partial charge in [0.1, 0.15) is 0 Å². The molecule has 4 aliphatic rings. The van der Waals surface area contributed by atoms with Crippen molar-refractivity contribution in [3.05, 3.63) is 0 Å². The van der Waals surface area contributed by atoms with Gasteiger partial charge < -0.3 is 26.2 Å². The number of ether oxygens (including phenoxy) is 1. The summed E-state index contributed by atoms with van der Waals surface area (Å²) < 4.78 is 4.91. The zero-order valence-electron chi connectivity index (χ0n) is 25.0. The quantitative estimate of drug-likeness (QED) is 0.199. The van der Waals surface area contributed by atoms with Crippen LogP contribution in [0.4, 0.5) is 0 Å². The van der Waals surface area contributed by atoms with E-state index in [1.54, 1.807) is 0 Å². The van der Waals surface area contributed by atoms with E-state index >= 15 is 0 Å². The Morgan fingerprint density at radius 1 is 1.00 bits per heavy atom. The van der Waals surface area contributed by atoms with Crippen molar-refractivity contribution < 1.29 is 14.6 Å². The summed E-state index contributed by atoms with van der Waals surface area (Å²) in [7, 11) is 1.49. The number of aliphatic hydroxyl groups excluding tert-OH is 1. The number of hydrogen-bond donors (Lipinski definition) is 4. The summed E-state index contributed by atoms with van der Waals surface area (Å²) in [5.74, 6) is 3.51. The molecule has 4 aliphatic carbocycles. The fraction of sp³-hybridized carbons (Fsp3) is 0.969. The summed E-state index contributed by atoms with van der Waals surface area (Å²) in [5.41, 5.74) is 6.26. The Bertz CT molecular complexity index is 764. The minimum atomic E-state index is -0.150. The van der Waals surface area contributed by atoms with E-state index in [9.17, 15) is 9.90 Å². The highest BCUT2D eigenvalue weighted by molar-refractivity contribution is 5.69. The van der Waals surface area contributed by atoms with Crippen LogP contribution in [0.1, 0.15) is 104 Å². The molecule has 4 saturated carbocycles. The monoisotopic (exact) mass is 533 g/mol. The number of fused-ring (bicyclic) bond motifs is 5. The molecule has 0 radical (unpaired) electrons. The van der Waals surface area contributed by atoms with Crippen LogP contribution in [-0.4, -0.2) is 56.5 Å². The number of nitrogens with two attached hydrogens (primary N) is 1. The topological polar surface area (TPSA) is 96.6 Å². The van der Waals surface area contributed by atoms with E-state index in [1.165, 1.54) is 64.9 Å². The molecular formula is C32H59N3O3. The zero-order valence-corrected chi connectivity index (χ0v) is 25.0. The summed E-state index contributed by atoms with van der Waals surface area (Å²) in [6.07, 6.45) is 14.7. The fourth-order valence-electron chi connectivity index (χ4n) is 10.1. The summed E-state index contributed by atoms with van der Waals surface area (Å²) in [4.78, 5) is 11.8. The highest BCUT2D eigenvalue weighted by Gasteiger charge is 2.62. The van der Waals surface area contributed by atoms with Gasteiger partial charge in [-0.3, -0.25) is 4.79 Å². The van der Waals surface area contributed by atoms with Crippen LogP contribution in [0.2, 0.25) is 0 Å². The van der Waals surface area contributed by atoms with Gasteiger partial charge in [0.2, 0.25) is 0 Å². The van der Waals surface area contributed by atoms with Crippen molar-refractivity contribution in [3.63, 3.8) is 0 Å². The van der Waals surface area contributed by atoms with Gasteiger partial charge in [-0.1, -0.05) is 20.8 Å². The minimum Gasteiger partial charge on any atom is -0.469 e. The van der Waals surface area contributed by atoms with Gasteiger partial charge in [-0.25, -0.2) is 0 Å². The molecule has 4 rings (SSSR count). The highest BCUT2D eigenvalue weighted by atomic mass is 16.5. The number of esters is 1. The Hall–Kier alpha value is -0.690. The molecule has 0 amide bonds. The maximum atomic E-state index is 11.8. The Morgan fingerprint density at radius 3 is 2.50 bits per heavy atom. The minimum absolute atomic E-state index is 0.0815. The third kappa shape index (κ3) is 6.29. The van der Waals surface area contributed by atoms with E-state index in [0.717, 1.165) is 45.4 Å². The van der Waals surface area contributed by atoms with Gasteiger partial charge >= 0.3 is 5.97 Å². The van der Waals surface area contributed by atoms with E-state index in [4.69, 9.17) is 10.5 Å². The van der Waals surface area contributed by atoms with E-state index in [-0.39, 0.29) is 12.1 Å². The normalized spacial score (nSPS) is 41.2. The van der Waals surface area contributed by atoms with Crippen molar-refractivity contribution in [1.82, 2.24) is 10.6 Å². The van der Waals surface area contributed by atoms with Crippen LogP contribution in [-0.2, 0) is 9.53 Å². The van der Waals surface area contributed by atoms with Crippen molar-refractivity contribution in [2.24, 2.45) is 52.1 Å². The maximum absolute atomic E-state index is 11.8. The number of hydrogen-bond acceptors (Lipinski definition) is 6. The Morgan fingerprint density at radius 2 is 1.74 bits per heavy atom. The summed E-state index contributed by atoms with van der Waals surface area (Å²) in [6.45, 7) is 11.5. The molecule has 0 aliphatic heterocycles. The molecule has 0 spiro atoms. The summed E-state index contributed by atoms with van der Waals surface area (Å²) in [6, 6.07) is 0.606. The number of unbranched alkanes of at least 4 members (excludes halogenated alkanes) is 1. The van der Waals surface area contributed by atoms with E-state index in [0.29, 0.717) is 58.8 Å². The lowest BCUT2D eigenvalue weighted by atomic mass is 9.43. The lowest BCUT2D eigenvalue weighted by Gasteiger charge is -2.62. The van der Waals surface area contributed by atoms with Crippen LogP contribution in [0, 0.1) is 46.3 Å². The van der Waals surface area contributed by atoms with Crippen molar-refractivity contribution >= 4 is 5.97 Å². The first-order valence-electron chi connectivity index (χ1n) is 16.1. The predicted octanol–water partition coefficient (Wildman–Crippen LogP) is 4.88. The number of carbonyl (C=O) groups excluding carboxylic acids is 1. The Balaban J connectivity index is 1.31. The average molecular weight is 534 g/mol. The van der Waals surface area contributed by atoms with Crippen LogP contribution in [0.5, 0.6) is 0 Å². The molecule has 0 saturated heterocycles. The van der Waals surface area contributed by atoms with Crippen molar-refractivity contribution in [1.29, 1.82) is 0 Å². The summed E-state index contributed by atoms with van der Waals surface area (Å²) >= 11 is 0. The van der Waals surface area contributed by atoms with Crippen LogP contribution < -0.4 is 16.4 Å². The van der Waals surface area contributed by atoms with Crippen LogP contribution in [0.15, 0.2) is 0 Å². The van der Waals surface area contributed by atoms with Gasteiger partial charge in [0, 0.05) is 12.5 Å². The third-order valence-electron chi connectivity index (χ3n) is 12.2. The number of carbonyl (C=O) groups is 1. The van der Waals surface area contributed by atoms with Gasteiger partial charge in [0.15, 0.2) is 0 Å². The van der Waals surface area contributed by atoms with Gasteiger partial charge in [-0.2, -0.15) is 0 Å². The maximum Gasteiger partial charge on any atom is 0.305 e. The van der Waals surface area contributed by atoms with Gasteiger partial charge in [-0.05, 0) is 150 Å². The number of methoxy groups -OCH3 is 1. The predicted molar refractivity (Wildman–Crippen MR) is 155 cm³/mol. The molecule has 0 aromatic carbocycles. The lowest BCUT2D eigenvalue weighted by molar-refractivity contribution is -0.167. The molecule has 3 unspecified atom stereocenters. The second kappa shape index (κ2) is 13.3. The SMILES string of the molecule is COC(=O)CC[C@@H](C)[C@H]1CCC2C3C(CC[C@@]21C)[C@@]1(C)CC[C@H](NCCCNCCCCN)C[C@H]1C[C@@H]3O. The molecule has 10 atom stereocenters. The first-order chi connectivity index (χ1) is 18.2. The van der Waals surface area contributed by atoms with E-state index in [2.05, 4.69) is 31.4 Å². The molecule has 0 bridgehead atoms. The zero-order chi connectivity index (χ0) is 27.3. The molecule has 0 aromatic heterocycles.